The van der Waals surface area contributed by atoms with Crippen LogP contribution in [0.15, 0.2) is 18.2 Å². The van der Waals surface area contributed by atoms with Crippen molar-refractivity contribution in [2.75, 3.05) is 5.75 Å². The van der Waals surface area contributed by atoms with Gasteiger partial charge < -0.3 is 15.3 Å². The topological polar surface area (TPSA) is 94.8 Å². The van der Waals surface area contributed by atoms with Crippen molar-refractivity contribution >= 4 is 22.8 Å². The number of aliphatic hydroxyl groups is 2. The van der Waals surface area contributed by atoms with Crippen molar-refractivity contribution < 1.29 is 38.1 Å². The predicted octanol–water partition coefficient (Wildman–Crippen LogP) is 2.08. The monoisotopic (exact) mass is 338 g/mol. The summed E-state index contributed by atoms with van der Waals surface area (Å²) in [4.78, 5) is 21.6. The number of alkyl halides is 3. The van der Waals surface area contributed by atoms with Gasteiger partial charge in [-0.25, -0.2) is 4.79 Å². The molecule has 1 rings (SSSR count). The Morgan fingerprint density at radius 3 is 2.32 bits per heavy atom. The summed E-state index contributed by atoms with van der Waals surface area (Å²) in [5.74, 6) is -1.94. The van der Waals surface area contributed by atoms with Gasteiger partial charge in [0, 0.05) is 12.7 Å². The highest BCUT2D eigenvalue weighted by Crippen LogP contribution is 2.34. The van der Waals surface area contributed by atoms with Gasteiger partial charge in [-0.15, -0.1) is 0 Å². The van der Waals surface area contributed by atoms with Crippen LogP contribution in [0, 0.1) is 0 Å². The summed E-state index contributed by atoms with van der Waals surface area (Å²) in [6.45, 7) is 1.24. The standard InChI is InChI=1S/C13H13F3O5S/c1-6(17)22-5-10(18)11(19)7-2-3-8(12(20)21)9(4-7)13(14,15)16/h2-4,10-11,18-19H,5H2,1H3,(H,20,21). The summed E-state index contributed by atoms with van der Waals surface area (Å²) in [7, 11) is 0. The highest BCUT2D eigenvalue weighted by molar-refractivity contribution is 8.13. The Hall–Kier alpha value is -1.58. The number of carboxylic acid groups (broad SMARTS) is 1. The van der Waals surface area contributed by atoms with Crippen LogP contribution in [-0.2, 0) is 11.0 Å². The molecule has 0 amide bonds. The van der Waals surface area contributed by atoms with Gasteiger partial charge in [0.2, 0.25) is 0 Å². The van der Waals surface area contributed by atoms with Gasteiger partial charge in [-0.3, -0.25) is 4.79 Å². The van der Waals surface area contributed by atoms with E-state index in [1.54, 1.807) is 0 Å². The molecule has 0 bridgehead atoms. The summed E-state index contributed by atoms with van der Waals surface area (Å²) in [6.07, 6.45) is -8.05. The molecular weight excluding hydrogens is 325 g/mol. The van der Waals surface area contributed by atoms with Crippen LogP contribution in [0.25, 0.3) is 0 Å². The molecule has 3 N–H and O–H groups in total. The SMILES string of the molecule is CC(=O)SCC(O)C(O)c1ccc(C(=O)O)c(C(F)(F)F)c1. The van der Waals surface area contributed by atoms with Crippen LogP contribution in [0.2, 0.25) is 0 Å². The molecule has 0 aromatic heterocycles. The number of carbonyl (C=O) groups is 2. The summed E-state index contributed by atoms with van der Waals surface area (Å²) < 4.78 is 38.6. The molecule has 1 aromatic carbocycles. The number of aromatic carboxylic acids is 1. The highest BCUT2D eigenvalue weighted by atomic mass is 32.2. The fourth-order valence-corrected chi connectivity index (χ4v) is 2.27. The summed E-state index contributed by atoms with van der Waals surface area (Å²) in [5, 5.41) is 27.9. The van der Waals surface area contributed by atoms with Crippen LogP contribution in [0.4, 0.5) is 13.2 Å². The molecule has 122 valence electrons. The Labute approximate surface area is 127 Å². The second-order valence-electron chi connectivity index (χ2n) is 4.42. The first-order valence-electron chi connectivity index (χ1n) is 5.98. The van der Waals surface area contributed by atoms with Crippen molar-refractivity contribution in [2.45, 2.75) is 25.3 Å². The van der Waals surface area contributed by atoms with E-state index in [2.05, 4.69) is 0 Å². The average molecular weight is 338 g/mol. The van der Waals surface area contributed by atoms with Crippen LogP contribution in [0.5, 0.6) is 0 Å². The molecule has 0 heterocycles. The molecule has 5 nitrogen and oxygen atoms in total. The lowest BCUT2D eigenvalue weighted by Crippen LogP contribution is -2.22. The first kappa shape index (κ1) is 18.5. The molecule has 22 heavy (non-hydrogen) atoms. The minimum Gasteiger partial charge on any atom is -0.478 e. The average Bonchev–Trinajstić information content (AvgIpc) is 2.42. The van der Waals surface area contributed by atoms with Crippen molar-refractivity contribution in [2.24, 2.45) is 0 Å². The quantitative estimate of drug-likeness (QED) is 0.761. The van der Waals surface area contributed by atoms with Gasteiger partial charge in [0.15, 0.2) is 5.12 Å². The minimum absolute atomic E-state index is 0.196. The van der Waals surface area contributed by atoms with E-state index in [-0.39, 0.29) is 16.4 Å². The molecule has 0 saturated carbocycles. The van der Waals surface area contributed by atoms with Gasteiger partial charge in [-0.2, -0.15) is 13.2 Å². The molecule has 2 atom stereocenters. The maximum atomic E-state index is 12.9. The lowest BCUT2D eigenvalue weighted by Gasteiger charge is -2.19. The first-order valence-corrected chi connectivity index (χ1v) is 6.96. The number of rotatable bonds is 5. The van der Waals surface area contributed by atoms with Crippen molar-refractivity contribution in [3.63, 3.8) is 0 Å². The highest BCUT2D eigenvalue weighted by Gasteiger charge is 2.36. The van der Waals surface area contributed by atoms with Crippen molar-refractivity contribution in [3.8, 4) is 0 Å². The Morgan fingerprint density at radius 2 is 1.86 bits per heavy atom. The number of carbonyl (C=O) groups excluding carboxylic acids is 1. The Morgan fingerprint density at radius 1 is 1.27 bits per heavy atom. The third-order valence-electron chi connectivity index (χ3n) is 2.74. The third-order valence-corrected chi connectivity index (χ3v) is 3.66. The van der Waals surface area contributed by atoms with E-state index >= 15 is 0 Å². The van der Waals surface area contributed by atoms with Gasteiger partial charge in [-0.05, 0) is 17.7 Å². The molecule has 0 radical (unpaired) electrons. The second kappa shape index (κ2) is 7.12. The van der Waals surface area contributed by atoms with E-state index in [0.717, 1.165) is 6.07 Å². The van der Waals surface area contributed by atoms with Gasteiger partial charge in [-0.1, -0.05) is 17.8 Å². The lowest BCUT2D eigenvalue weighted by atomic mass is 9.98. The van der Waals surface area contributed by atoms with Crippen LogP contribution in [0.3, 0.4) is 0 Å². The van der Waals surface area contributed by atoms with Crippen molar-refractivity contribution in [1.29, 1.82) is 0 Å². The van der Waals surface area contributed by atoms with E-state index in [4.69, 9.17) is 5.11 Å². The molecule has 0 fully saturated rings. The zero-order chi connectivity index (χ0) is 17.1. The summed E-state index contributed by atoms with van der Waals surface area (Å²) in [6, 6.07) is 2.19. The molecule has 0 aliphatic heterocycles. The molecule has 0 aliphatic rings. The fourth-order valence-electron chi connectivity index (χ4n) is 1.68. The van der Waals surface area contributed by atoms with Crippen molar-refractivity contribution in [1.82, 2.24) is 0 Å². The maximum absolute atomic E-state index is 12.9. The zero-order valence-electron chi connectivity index (χ0n) is 11.3. The van der Waals surface area contributed by atoms with Crippen LogP contribution >= 0.6 is 11.8 Å². The Kier molecular flexibility index (Phi) is 5.98. The van der Waals surface area contributed by atoms with E-state index in [0.29, 0.717) is 23.9 Å². The molecule has 2 unspecified atom stereocenters. The van der Waals surface area contributed by atoms with Crippen LogP contribution in [0.1, 0.15) is 34.5 Å². The first-order chi connectivity index (χ1) is 10.0. The Balaban J connectivity index is 3.11. The van der Waals surface area contributed by atoms with E-state index < -0.39 is 35.5 Å². The molecule has 0 aliphatic carbocycles. The molecule has 0 spiro atoms. The molecule has 0 saturated heterocycles. The van der Waals surface area contributed by atoms with Gasteiger partial charge in [0.1, 0.15) is 6.10 Å². The number of hydrogen-bond acceptors (Lipinski definition) is 5. The number of thioether (sulfide) groups is 1. The fraction of sp³-hybridized carbons (Fsp3) is 0.385. The van der Waals surface area contributed by atoms with E-state index in [9.17, 15) is 33.0 Å². The molecular formula is C13H13F3O5S. The van der Waals surface area contributed by atoms with Crippen LogP contribution in [-0.4, -0.2) is 38.3 Å². The van der Waals surface area contributed by atoms with Crippen molar-refractivity contribution in [3.05, 3.63) is 34.9 Å². The number of hydrogen-bond donors (Lipinski definition) is 3. The smallest absolute Gasteiger partial charge is 0.417 e. The number of halogens is 3. The second-order valence-corrected chi connectivity index (χ2v) is 5.62. The number of aliphatic hydroxyl groups excluding tert-OH is 2. The minimum atomic E-state index is -4.91. The number of benzene rings is 1. The predicted molar refractivity (Wildman–Crippen MR) is 72.5 cm³/mol. The number of carboxylic acids is 1. The molecule has 1 aromatic rings. The summed E-state index contributed by atoms with van der Waals surface area (Å²) >= 11 is 0.715. The largest absolute Gasteiger partial charge is 0.478 e. The summed E-state index contributed by atoms with van der Waals surface area (Å²) in [5.41, 5.74) is -2.65. The zero-order valence-corrected chi connectivity index (χ0v) is 12.1. The normalized spacial score (nSPS) is 14.5. The van der Waals surface area contributed by atoms with E-state index in [1.807, 2.05) is 0 Å². The maximum Gasteiger partial charge on any atom is 0.417 e. The van der Waals surface area contributed by atoms with Gasteiger partial charge in [0.25, 0.3) is 0 Å². The Bertz CT molecular complexity index is 573. The lowest BCUT2D eigenvalue weighted by molar-refractivity contribution is -0.138. The van der Waals surface area contributed by atoms with Gasteiger partial charge >= 0.3 is 12.1 Å². The van der Waals surface area contributed by atoms with Gasteiger partial charge in [0.05, 0.1) is 17.2 Å². The third kappa shape index (κ3) is 4.72. The molecule has 9 heteroatoms. The van der Waals surface area contributed by atoms with Crippen LogP contribution < -0.4 is 0 Å². The van der Waals surface area contributed by atoms with E-state index in [1.165, 1.54) is 6.92 Å².